The van der Waals surface area contributed by atoms with Gasteiger partial charge in [0, 0.05) is 16.6 Å². The van der Waals surface area contributed by atoms with Crippen LogP contribution in [-0.4, -0.2) is 9.97 Å². The molecule has 0 atom stereocenters. The van der Waals surface area contributed by atoms with Crippen LogP contribution in [0.15, 0.2) is 28.7 Å². The topological polar surface area (TPSA) is 38.9 Å². The van der Waals surface area contributed by atoms with Gasteiger partial charge in [0.05, 0.1) is 5.56 Å². The molecule has 21 heavy (non-hydrogen) atoms. The van der Waals surface area contributed by atoms with Crippen molar-refractivity contribution in [2.45, 2.75) is 32.6 Å². The first-order chi connectivity index (χ1) is 10.2. The van der Waals surface area contributed by atoms with Crippen molar-refractivity contribution in [3.8, 4) is 11.4 Å². The molecular formula is C17H15ClN2O. The fourth-order valence-corrected chi connectivity index (χ4v) is 3.39. The van der Waals surface area contributed by atoms with Crippen LogP contribution >= 0.6 is 11.6 Å². The third-order valence-corrected chi connectivity index (χ3v) is 4.44. The standard InChI is InChI=1S/C17H15ClN2O/c1-10-15(12-7-3-5-9-14(12)21-10)17-19-13-8-4-2-6-11(13)16(18)20-17/h3,5,7,9H,2,4,6,8H2,1H3. The van der Waals surface area contributed by atoms with Crippen LogP contribution in [0.4, 0.5) is 0 Å². The quantitative estimate of drug-likeness (QED) is 0.610. The molecule has 3 aromatic rings. The highest BCUT2D eigenvalue weighted by molar-refractivity contribution is 6.30. The first-order valence-corrected chi connectivity index (χ1v) is 7.65. The second-order valence-corrected chi connectivity index (χ2v) is 5.86. The maximum absolute atomic E-state index is 6.39. The number of halogens is 1. The lowest BCUT2D eigenvalue weighted by atomic mass is 9.97. The highest BCUT2D eigenvalue weighted by Crippen LogP contribution is 2.35. The highest BCUT2D eigenvalue weighted by atomic mass is 35.5. The Balaban J connectivity index is 1.97. The molecule has 1 aliphatic rings. The Morgan fingerprint density at radius 3 is 2.81 bits per heavy atom. The predicted octanol–water partition coefficient (Wildman–Crippen LogP) is 4.73. The number of nitrogens with zero attached hydrogens (tertiary/aromatic N) is 2. The third kappa shape index (κ3) is 2.04. The van der Waals surface area contributed by atoms with Crippen molar-refractivity contribution in [1.29, 1.82) is 0 Å². The molecule has 4 rings (SSSR count). The van der Waals surface area contributed by atoms with Crippen molar-refractivity contribution in [3.05, 3.63) is 46.4 Å². The minimum Gasteiger partial charge on any atom is -0.461 e. The molecule has 2 aromatic heterocycles. The number of hydrogen-bond acceptors (Lipinski definition) is 3. The molecule has 0 fully saturated rings. The van der Waals surface area contributed by atoms with Crippen molar-refractivity contribution in [2.24, 2.45) is 0 Å². The Labute approximate surface area is 128 Å². The molecule has 1 aliphatic carbocycles. The zero-order chi connectivity index (χ0) is 14.4. The Bertz CT molecular complexity index is 838. The summed E-state index contributed by atoms with van der Waals surface area (Å²) in [6, 6.07) is 7.97. The lowest BCUT2D eigenvalue weighted by Crippen LogP contribution is -2.09. The molecule has 2 heterocycles. The number of aromatic nitrogens is 2. The number of aryl methyl sites for hydroxylation is 2. The van der Waals surface area contributed by atoms with Crippen LogP contribution in [0.25, 0.3) is 22.4 Å². The lowest BCUT2D eigenvalue weighted by Gasteiger charge is -2.16. The summed E-state index contributed by atoms with van der Waals surface area (Å²) in [7, 11) is 0. The van der Waals surface area contributed by atoms with Gasteiger partial charge < -0.3 is 4.42 Å². The number of para-hydroxylation sites is 1. The number of fused-ring (bicyclic) bond motifs is 2. The third-order valence-electron chi connectivity index (χ3n) is 4.13. The lowest BCUT2D eigenvalue weighted by molar-refractivity contribution is 0.579. The van der Waals surface area contributed by atoms with Crippen molar-refractivity contribution in [3.63, 3.8) is 0 Å². The van der Waals surface area contributed by atoms with Crippen LogP contribution in [-0.2, 0) is 12.8 Å². The Morgan fingerprint density at radius 1 is 1.10 bits per heavy atom. The molecule has 0 aliphatic heterocycles. The second kappa shape index (κ2) is 4.85. The monoisotopic (exact) mass is 298 g/mol. The molecule has 1 aromatic carbocycles. The largest absolute Gasteiger partial charge is 0.461 e. The predicted molar refractivity (Wildman–Crippen MR) is 83.6 cm³/mol. The van der Waals surface area contributed by atoms with Gasteiger partial charge >= 0.3 is 0 Å². The highest BCUT2D eigenvalue weighted by Gasteiger charge is 2.21. The summed E-state index contributed by atoms with van der Waals surface area (Å²) in [6.07, 6.45) is 4.31. The van der Waals surface area contributed by atoms with E-state index in [4.69, 9.17) is 21.0 Å². The van der Waals surface area contributed by atoms with Gasteiger partial charge in [0.15, 0.2) is 5.82 Å². The van der Waals surface area contributed by atoms with Gasteiger partial charge in [-0.05, 0) is 38.7 Å². The molecular weight excluding hydrogens is 284 g/mol. The molecule has 0 bridgehead atoms. The maximum atomic E-state index is 6.39. The minimum absolute atomic E-state index is 0.597. The van der Waals surface area contributed by atoms with Crippen LogP contribution < -0.4 is 0 Å². The van der Waals surface area contributed by atoms with Gasteiger partial charge in [0.25, 0.3) is 0 Å². The van der Waals surface area contributed by atoms with Gasteiger partial charge in [-0.25, -0.2) is 9.97 Å². The molecule has 0 saturated carbocycles. The minimum atomic E-state index is 0.597. The average molecular weight is 299 g/mol. The SMILES string of the molecule is Cc1oc2ccccc2c1-c1nc(Cl)c2c(n1)CCCC2. The van der Waals surface area contributed by atoms with E-state index in [1.54, 1.807) is 0 Å². The first-order valence-electron chi connectivity index (χ1n) is 7.28. The van der Waals surface area contributed by atoms with E-state index in [1.807, 2.05) is 31.2 Å². The fraction of sp³-hybridized carbons (Fsp3) is 0.294. The molecule has 0 unspecified atom stereocenters. The van der Waals surface area contributed by atoms with Crippen LogP contribution in [0.3, 0.4) is 0 Å². The van der Waals surface area contributed by atoms with E-state index in [0.717, 1.165) is 46.4 Å². The number of furan rings is 1. The second-order valence-electron chi connectivity index (χ2n) is 5.50. The Hall–Kier alpha value is -1.87. The van der Waals surface area contributed by atoms with E-state index in [2.05, 4.69) is 4.98 Å². The van der Waals surface area contributed by atoms with Crippen molar-refractivity contribution in [1.82, 2.24) is 9.97 Å². The van der Waals surface area contributed by atoms with Crippen molar-refractivity contribution >= 4 is 22.6 Å². The van der Waals surface area contributed by atoms with Gasteiger partial charge in [-0.3, -0.25) is 0 Å². The average Bonchev–Trinajstić information content (AvgIpc) is 2.83. The Morgan fingerprint density at radius 2 is 1.90 bits per heavy atom. The fourth-order valence-electron chi connectivity index (χ4n) is 3.11. The summed E-state index contributed by atoms with van der Waals surface area (Å²) >= 11 is 6.39. The van der Waals surface area contributed by atoms with Gasteiger partial charge in [0.2, 0.25) is 0 Å². The zero-order valence-electron chi connectivity index (χ0n) is 11.8. The van der Waals surface area contributed by atoms with Crippen LogP contribution in [0.2, 0.25) is 5.15 Å². The van der Waals surface area contributed by atoms with Gasteiger partial charge in [-0.1, -0.05) is 29.8 Å². The number of rotatable bonds is 1. The van der Waals surface area contributed by atoms with Crippen LogP contribution in [0, 0.1) is 6.92 Å². The van der Waals surface area contributed by atoms with Gasteiger partial charge in [-0.15, -0.1) is 0 Å². The van der Waals surface area contributed by atoms with Gasteiger partial charge in [-0.2, -0.15) is 0 Å². The molecule has 4 heteroatoms. The van der Waals surface area contributed by atoms with Gasteiger partial charge in [0.1, 0.15) is 16.5 Å². The summed E-state index contributed by atoms with van der Waals surface area (Å²) in [5, 5.41) is 1.64. The Kier molecular flexibility index (Phi) is 2.96. The number of hydrogen-bond donors (Lipinski definition) is 0. The maximum Gasteiger partial charge on any atom is 0.165 e. The van der Waals surface area contributed by atoms with Crippen molar-refractivity contribution < 1.29 is 4.42 Å². The smallest absolute Gasteiger partial charge is 0.165 e. The molecule has 0 saturated heterocycles. The molecule has 0 spiro atoms. The normalized spacial score (nSPS) is 14.4. The van der Waals surface area contributed by atoms with E-state index in [1.165, 1.54) is 12.8 Å². The zero-order valence-corrected chi connectivity index (χ0v) is 12.6. The molecule has 0 amide bonds. The first kappa shape index (κ1) is 12.8. The van der Waals surface area contributed by atoms with E-state index < -0.39 is 0 Å². The molecule has 0 radical (unpaired) electrons. The summed E-state index contributed by atoms with van der Waals surface area (Å²) in [5.41, 5.74) is 4.04. The van der Waals surface area contributed by atoms with E-state index in [0.29, 0.717) is 11.0 Å². The molecule has 106 valence electrons. The summed E-state index contributed by atoms with van der Waals surface area (Å²) in [4.78, 5) is 9.31. The van der Waals surface area contributed by atoms with Crippen molar-refractivity contribution in [2.75, 3.05) is 0 Å². The van der Waals surface area contributed by atoms with E-state index in [9.17, 15) is 0 Å². The summed E-state index contributed by atoms with van der Waals surface area (Å²) < 4.78 is 5.81. The summed E-state index contributed by atoms with van der Waals surface area (Å²) in [6.45, 7) is 1.95. The van der Waals surface area contributed by atoms with Crippen LogP contribution in [0.1, 0.15) is 29.9 Å². The molecule has 3 nitrogen and oxygen atoms in total. The molecule has 0 N–H and O–H groups in total. The summed E-state index contributed by atoms with van der Waals surface area (Å²) in [5.74, 6) is 1.52. The van der Waals surface area contributed by atoms with E-state index in [-0.39, 0.29) is 0 Å². The van der Waals surface area contributed by atoms with Crippen LogP contribution in [0.5, 0.6) is 0 Å². The number of benzene rings is 1. The van der Waals surface area contributed by atoms with E-state index >= 15 is 0 Å².